The number of rotatable bonds is 59. The van der Waals surface area contributed by atoms with E-state index in [0.29, 0.717) is 17.4 Å². The molecule has 0 aromatic heterocycles. The Morgan fingerprint density at radius 2 is 0.704 bits per heavy atom. The van der Waals surface area contributed by atoms with Gasteiger partial charge in [-0.2, -0.15) is 0 Å². The average molecular weight is 1130 g/mol. The van der Waals surface area contributed by atoms with Gasteiger partial charge >= 0.3 is 11.9 Å². The third kappa shape index (κ3) is 63.1. The van der Waals surface area contributed by atoms with Crippen LogP contribution in [0.5, 0.6) is 0 Å². The molecular formula is C72H121NO8. The Labute approximate surface area is 497 Å². The maximum Gasteiger partial charge on any atom is 0.306 e. The number of allylic oxidation sites excluding steroid dienone is 20. The van der Waals surface area contributed by atoms with E-state index in [2.05, 4.69) is 135 Å². The summed E-state index contributed by atoms with van der Waals surface area (Å²) >= 11 is 0. The molecule has 0 saturated heterocycles. The molecule has 0 amide bonds. The zero-order valence-corrected chi connectivity index (χ0v) is 52.6. The van der Waals surface area contributed by atoms with Crippen molar-refractivity contribution in [2.45, 2.75) is 270 Å². The van der Waals surface area contributed by atoms with Crippen molar-refractivity contribution in [1.82, 2.24) is 0 Å². The van der Waals surface area contributed by atoms with Crippen LogP contribution < -0.4 is 5.11 Å². The minimum absolute atomic E-state index is 0.141. The van der Waals surface area contributed by atoms with E-state index in [0.717, 1.165) is 103 Å². The van der Waals surface area contributed by atoms with E-state index in [4.69, 9.17) is 18.9 Å². The van der Waals surface area contributed by atoms with Crippen molar-refractivity contribution in [3.05, 3.63) is 122 Å². The van der Waals surface area contributed by atoms with Crippen LogP contribution in [0.2, 0.25) is 0 Å². The molecule has 2 unspecified atom stereocenters. The summed E-state index contributed by atoms with van der Waals surface area (Å²) in [4.78, 5) is 37.4. The first-order valence-electron chi connectivity index (χ1n) is 32.7. The third-order valence-corrected chi connectivity index (χ3v) is 13.7. The van der Waals surface area contributed by atoms with Crippen molar-refractivity contribution in [2.24, 2.45) is 0 Å². The lowest BCUT2D eigenvalue weighted by molar-refractivity contribution is -0.870. The van der Waals surface area contributed by atoms with Crippen LogP contribution in [0, 0.1) is 0 Å². The number of carbonyl (C=O) groups excluding carboxylic acids is 3. The molecule has 2 atom stereocenters. The van der Waals surface area contributed by atoms with Crippen LogP contribution in [-0.4, -0.2) is 82.3 Å². The molecule has 0 aromatic carbocycles. The number of aliphatic carboxylic acids is 1. The minimum atomic E-state index is -1.63. The van der Waals surface area contributed by atoms with Crippen LogP contribution in [0.3, 0.4) is 0 Å². The van der Waals surface area contributed by atoms with Gasteiger partial charge in [0, 0.05) is 12.8 Å². The van der Waals surface area contributed by atoms with Crippen molar-refractivity contribution in [2.75, 3.05) is 47.5 Å². The summed E-state index contributed by atoms with van der Waals surface area (Å²) in [6, 6.07) is 0. The van der Waals surface area contributed by atoms with Gasteiger partial charge in [0.1, 0.15) is 13.2 Å². The summed E-state index contributed by atoms with van der Waals surface area (Å²) in [6.45, 7) is 4.62. The van der Waals surface area contributed by atoms with E-state index in [1.54, 1.807) is 0 Å². The maximum absolute atomic E-state index is 12.9. The lowest BCUT2D eigenvalue weighted by Crippen LogP contribution is -2.44. The Morgan fingerprint density at radius 1 is 0.383 bits per heavy atom. The number of nitrogens with zero attached hydrogens (tertiary/aromatic N) is 1. The largest absolute Gasteiger partial charge is 0.545 e. The molecular weight excluding hydrogens is 1010 g/mol. The Hall–Kier alpha value is -4.31. The number of carboxylic acid groups (broad SMARTS) is 1. The Kier molecular flexibility index (Phi) is 58.5. The molecule has 0 rings (SSSR count). The number of hydrogen-bond acceptors (Lipinski definition) is 8. The molecule has 9 heteroatoms. The number of esters is 2. The fourth-order valence-electron chi connectivity index (χ4n) is 8.70. The lowest BCUT2D eigenvalue weighted by Gasteiger charge is -2.26. The second-order valence-electron chi connectivity index (χ2n) is 22.7. The highest BCUT2D eigenvalue weighted by molar-refractivity contribution is 5.70. The molecule has 0 bridgehead atoms. The van der Waals surface area contributed by atoms with Gasteiger partial charge < -0.3 is 33.3 Å². The molecule has 0 spiro atoms. The Balaban J connectivity index is 4.19. The highest BCUT2D eigenvalue weighted by Gasteiger charge is 2.22. The molecule has 9 nitrogen and oxygen atoms in total. The van der Waals surface area contributed by atoms with Gasteiger partial charge in [-0.05, 0) is 109 Å². The van der Waals surface area contributed by atoms with Crippen molar-refractivity contribution in [3.8, 4) is 0 Å². The molecule has 0 fully saturated rings. The molecule has 0 radical (unpaired) electrons. The maximum atomic E-state index is 12.9. The van der Waals surface area contributed by atoms with Crippen molar-refractivity contribution >= 4 is 17.9 Å². The third-order valence-electron chi connectivity index (χ3n) is 13.7. The number of unbranched alkanes of at least 4 members (excludes halogenated alkanes) is 24. The van der Waals surface area contributed by atoms with E-state index in [9.17, 15) is 19.5 Å². The number of carbonyl (C=O) groups is 3. The molecule has 0 N–H and O–H groups in total. The van der Waals surface area contributed by atoms with Gasteiger partial charge in [-0.1, -0.05) is 257 Å². The molecule has 462 valence electrons. The van der Waals surface area contributed by atoms with E-state index < -0.39 is 24.3 Å². The Morgan fingerprint density at radius 3 is 1.06 bits per heavy atom. The molecule has 81 heavy (non-hydrogen) atoms. The first kappa shape index (κ1) is 76.7. The topological polar surface area (TPSA) is 111 Å². The molecule has 0 aliphatic carbocycles. The number of quaternary nitrogens is 1. The quantitative estimate of drug-likeness (QED) is 0.0195. The highest BCUT2D eigenvalue weighted by atomic mass is 16.7. The van der Waals surface area contributed by atoms with Gasteiger partial charge in [-0.15, -0.1) is 0 Å². The average Bonchev–Trinajstić information content (AvgIpc) is 3.44. The lowest BCUT2D eigenvalue weighted by atomic mass is 10.1. The van der Waals surface area contributed by atoms with Gasteiger partial charge in [0.15, 0.2) is 12.4 Å². The second-order valence-corrected chi connectivity index (χ2v) is 22.7. The molecule has 0 saturated carbocycles. The predicted molar refractivity (Wildman–Crippen MR) is 343 cm³/mol. The first-order chi connectivity index (χ1) is 39.6. The van der Waals surface area contributed by atoms with Crippen LogP contribution in [0.1, 0.15) is 258 Å². The van der Waals surface area contributed by atoms with E-state index >= 15 is 0 Å². The zero-order valence-electron chi connectivity index (χ0n) is 52.6. The van der Waals surface area contributed by atoms with Crippen molar-refractivity contribution in [3.63, 3.8) is 0 Å². The van der Waals surface area contributed by atoms with Gasteiger partial charge in [-0.25, -0.2) is 0 Å². The van der Waals surface area contributed by atoms with Crippen molar-refractivity contribution in [1.29, 1.82) is 0 Å². The Bertz CT molecular complexity index is 1740. The summed E-state index contributed by atoms with van der Waals surface area (Å²) < 4.78 is 22.7. The highest BCUT2D eigenvalue weighted by Crippen LogP contribution is 2.15. The molecule has 0 heterocycles. The number of carboxylic acids is 1. The summed E-state index contributed by atoms with van der Waals surface area (Å²) in [5.41, 5.74) is 0. The van der Waals surface area contributed by atoms with Crippen LogP contribution >= 0.6 is 0 Å². The first-order valence-corrected chi connectivity index (χ1v) is 32.7. The van der Waals surface area contributed by atoms with Gasteiger partial charge in [0.2, 0.25) is 0 Å². The number of hydrogen-bond donors (Lipinski definition) is 0. The summed E-state index contributed by atoms with van der Waals surface area (Å²) in [6.07, 6.45) is 84.0. The van der Waals surface area contributed by atoms with Crippen LogP contribution in [0.25, 0.3) is 0 Å². The number of ether oxygens (including phenoxy) is 4. The normalized spacial score (nSPS) is 13.5. The van der Waals surface area contributed by atoms with Crippen molar-refractivity contribution < 1.29 is 42.9 Å². The van der Waals surface area contributed by atoms with Crippen LogP contribution in [0.15, 0.2) is 122 Å². The predicted octanol–water partition coefficient (Wildman–Crippen LogP) is 18.7. The van der Waals surface area contributed by atoms with Gasteiger partial charge in [0.05, 0.1) is 40.3 Å². The molecule has 0 aliphatic rings. The minimum Gasteiger partial charge on any atom is -0.545 e. The monoisotopic (exact) mass is 1130 g/mol. The van der Waals surface area contributed by atoms with E-state index in [-0.39, 0.29) is 38.6 Å². The molecule has 0 aromatic rings. The van der Waals surface area contributed by atoms with Gasteiger partial charge in [-0.3, -0.25) is 9.59 Å². The summed E-state index contributed by atoms with van der Waals surface area (Å²) in [7, 11) is 5.92. The van der Waals surface area contributed by atoms with Gasteiger partial charge in [0.25, 0.3) is 0 Å². The van der Waals surface area contributed by atoms with E-state index in [1.807, 2.05) is 21.1 Å². The fourth-order valence-corrected chi connectivity index (χ4v) is 8.70. The smallest absolute Gasteiger partial charge is 0.306 e. The zero-order chi connectivity index (χ0) is 59.1. The fraction of sp³-hybridized carbons (Fsp3) is 0.681. The second kappa shape index (κ2) is 61.8. The summed E-state index contributed by atoms with van der Waals surface area (Å²) in [5.74, 6) is -2.30. The summed E-state index contributed by atoms with van der Waals surface area (Å²) in [5, 5.41) is 11.8. The van der Waals surface area contributed by atoms with Crippen LogP contribution in [0.4, 0.5) is 0 Å². The SMILES string of the molecule is CC/C=C\C/C=C\C/C=C\C/C=C\C/C=C\C/C=C\C/C=C\C/C=C\C/C=C\CCCCCCCCCCCC(=O)OC(COC(=O)CCCCCCCCCCC/C=C\CCCCCCCC)COC(OCC[N+](C)(C)C)C(=O)[O-]. The van der Waals surface area contributed by atoms with E-state index in [1.165, 1.54) is 122 Å². The number of likely N-dealkylation sites (N-methyl/N-ethyl adjacent to an activating group) is 1. The molecule has 0 aliphatic heterocycles. The van der Waals surface area contributed by atoms with Crippen LogP contribution in [-0.2, 0) is 33.3 Å². The standard InChI is InChI=1S/C72H121NO8/c1-6-8-10-12-14-16-18-20-22-24-26-27-28-29-30-31-32-33-34-35-36-37-38-39-40-41-42-43-45-47-49-51-53-55-57-59-61-63-70(75)81-68(67-80-72(71(76)77)78-65-64-73(3,4)5)66-79-69(74)62-60-58-56-54-52-50-48-46-44-25-23-21-19-17-15-13-11-9-7-2/h8,10,14,16,20-23,26-27,29-30,32-33,35-36,38-39,41-42,68,72H,6-7,9,11-13,15,17-19,24-25,28,31,34,37,40,43-67H2,1-5H3/b10-8-,16-14-,22-20-,23-21-,27-26-,30-29-,33-32-,36-35-,39-38-,42-41-.